The van der Waals surface area contributed by atoms with Crippen LogP contribution in [0, 0.1) is 6.92 Å². The first-order chi connectivity index (χ1) is 15.4. The number of amides is 3. The Balaban J connectivity index is 1.65. The Morgan fingerprint density at radius 1 is 1.00 bits per heavy atom. The SMILES string of the molecule is CCN1C(=O)C[C@@](CC(=O)N(C)Cc2cccc3ccccc23)(c2ccccc2C)C1=O. The van der Waals surface area contributed by atoms with Gasteiger partial charge < -0.3 is 4.90 Å². The fraction of sp³-hybridized carbons (Fsp3) is 0.296. The molecule has 3 aromatic rings. The number of nitrogens with zero attached hydrogens (tertiary/aromatic N) is 2. The van der Waals surface area contributed by atoms with Gasteiger partial charge in [0.25, 0.3) is 0 Å². The maximum absolute atomic E-state index is 13.4. The van der Waals surface area contributed by atoms with Gasteiger partial charge in [0.15, 0.2) is 0 Å². The first-order valence-corrected chi connectivity index (χ1v) is 11.0. The molecule has 164 valence electrons. The van der Waals surface area contributed by atoms with E-state index in [2.05, 4.69) is 18.2 Å². The van der Waals surface area contributed by atoms with Gasteiger partial charge in [0.1, 0.15) is 0 Å². The average molecular weight is 429 g/mol. The van der Waals surface area contributed by atoms with Crippen molar-refractivity contribution in [2.24, 2.45) is 0 Å². The molecular weight excluding hydrogens is 400 g/mol. The lowest BCUT2D eigenvalue weighted by atomic mass is 9.74. The summed E-state index contributed by atoms with van der Waals surface area (Å²) in [4.78, 5) is 42.5. The molecule has 3 aromatic carbocycles. The number of benzene rings is 3. The third-order valence-corrected chi connectivity index (χ3v) is 6.55. The van der Waals surface area contributed by atoms with Crippen molar-refractivity contribution in [3.8, 4) is 0 Å². The minimum absolute atomic E-state index is 0.0262. The molecule has 1 fully saturated rings. The summed E-state index contributed by atoms with van der Waals surface area (Å²) in [5.74, 6) is -0.642. The minimum Gasteiger partial charge on any atom is -0.341 e. The highest BCUT2D eigenvalue weighted by molar-refractivity contribution is 6.10. The number of hydrogen-bond acceptors (Lipinski definition) is 3. The van der Waals surface area contributed by atoms with Crippen molar-refractivity contribution < 1.29 is 14.4 Å². The van der Waals surface area contributed by atoms with Gasteiger partial charge in [-0.05, 0) is 41.3 Å². The zero-order valence-corrected chi connectivity index (χ0v) is 18.8. The van der Waals surface area contributed by atoms with Crippen LogP contribution >= 0.6 is 0 Å². The van der Waals surface area contributed by atoms with Gasteiger partial charge in [0.2, 0.25) is 17.7 Å². The van der Waals surface area contributed by atoms with Crippen LogP contribution in [0.3, 0.4) is 0 Å². The molecule has 4 rings (SSSR count). The number of hydrogen-bond donors (Lipinski definition) is 0. The van der Waals surface area contributed by atoms with Crippen molar-refractivity contribution in [2.45, 2.75) is 38.6 Å². The molecule has 1 saturated heterocycles. The highest BCUT2D eigenvalue weighted by Crippen LogP contribution is 2.41. The summed E-state index contributed by atoms with van der Waals surface area (Å²) in [6.07, 6.45) is -0.00142. The van der Waals surface area contributed by atoms with Crippen LogP contribution in [0.5, 0.6) is 0 Å². The minimum atomic E-state index is -1.15. The van der Waals surface area contributed by atoms with E-state index in [1.165, 1.54) is 4.90 Å². The van der Waals surface area contributed by atoms with Crippen LogP contribution in [0.15, 0.2) is 66.7 Å². The van der Waals surface area contributed by atoms with Crippen molar-refractivity contribution in [3.63, 3.8) is 0 Å². The largest absolute Gasteiger partial charge is 0.341 e. The summed E-state index contributed by atoms with van der Waals surface area (Å²) >= 11 is 0. The van der Waals surface area contributed by atoms with Crippen molar-refractivity contribution >= 4 is 28.5 Å². The lowest BCUT2D eigenvalue weighted by molar-refractivity contribution is -0.142. The van der Waals surface area contributed by atoms with Crippen molar-refractivity contribution in [1.29, 1.82) is 0 Å². The fourth-order valence-electron chi connectivity index (χ4n) is 4.84. The number of rotatable bonds is 6. The molecule has 32 heavy (non-hydrogen) atoms. The molecule has 0 unspecified atom stereocenters. The summed E-state index contributed by atoms with van der Waals surface area (Å²) in [6, 6.07) is 21.7. The van der Waals surface area contributed by atoms with Gasteiger partial charge in [0, 0.05) is 33.0 Å². The Hall–Kier alpha value is -3.47. The van der Waals surface area contributed by atoms with Crippen LogP contribution in [0.25, 0.3) is 10.8 Å². The standard InChI is InChI=1S/C27H28N2O3/c1-4-29-25(31)17-27(26(29)32,23-15-8-5-10-19(23)2)16-24(30)28(3)18-21-13-9-12-20-11-6-7-14-22(20)21/h5-15H,4,16-18H2,1-3H3/t27-/m0/s1. The predicted octanol–water partition coefficient (Wildman–Crippen LogP) is 4.21. The molecule has 0 aromatic heterocycles. The Kier molecular flexibility index (Phi) is 5.83. The second kappa shape index (κ2) is 8.58. The van der Waals surface area contributed by atoms with E-state index in [0.717, 1.165) is 27.5 Å². The lowest BCUT2D eigenvalue weighted by Gasteiger charge is -2.30. The lowest BCUT2D eigenvalue weighted by Crippen LogP contribution is -2.43. The van der Waals surface area contributed by atoms with E-state index in [9.17, 15) is 14.4 Å². The van der Waals surface area contributed by atoms with Crippen LogP contribution in [0.2, 0.25) is 0 Å². The van der Waals surface area contributed by atoms with Gasteiger partial charge in [-0.2, -0.15) is 0 Å². The van der Waals surface area contributed by atoms with E-state index in [1.807, 2.05) is 55.5 Å². The van der Waals surface area contributed by atoms with Crippen LogP contribution < -0.4 is 0 Å². The number of aryl methyl sites for hydroxylation is 1. The van der Waals surface area contributed by atoms with Gasteiger partial charge in [-0.3, -0.25) is 19.3 Å². The van der Waals surface area contributed by atoms with Crippen molar-refractivity contribution in [2.75, 3.05) is 13.6 Å². The van der Waals surface area contributed by atoms with Crippen molar-refractivity contribution in [3.05, 3.63) is 83.4 Å². The van der Waals surface area contributed by atoms with Crippen LogP contribution in [-0.4, -0.2) is 41.1 Å². The Labute approximate surface area is 188 Å². The number of fused-ring (bicyclic) bond motifs is 1. The molecule has 1 atom stereocenters. The molecule has 0 spiro atoms. The number of carbonyl (C=O) groups excluding carboxylic acids is 3. The third kappa shape index (κ3) is 3.68. The van der Waals surface area contributed by atoms with E-state index in [4.69, 9.17) is 0 Å². The molecule has 5 heteroatoms. The quantitative estimate of drug-likeness (QED) is 0.553. The fourth-order valence-corrected chi connectivity index (χ4v) is 4.84. The summed E-state index contributed by atoms with van der Waals surface area (Å²) in [7, 11) is 1.76. The number of carbonyl (C=O) groups is 3. The van der Waals surface area contributed by atoms with Gasteiger partial charge >= 0.3 is 0 Å². The Morgan fingerprint density at radius 3 is 2.41 bits per heavy atom. The van der Waals surface area contributed by atoms with Gasteiger partial charge in [0.05, 0.1) is 5.41 Å². The van der Waals surface area contributed by atoms with Crippen LogP contribution in [0.1, 0.15) is 36.5 Å². The molecule has 1 aliphatic rings. The molecule has 1 heterocycles. The van der Waals surface area contributed by atoms with E-state index >= 15 is 0 Å². The van der Waals surface area contributed by atoms with Crippen LogP contribution in [0.4, 0.5) is 0 Å². The summed E-state index contributed by atoms with van der Waals surface area (Å²) in [6.45, 7) is 4.46. The van der Waals surface area contributed by atoms with Gasteiger partial charge in [-0.25, -0.2) is 0 Å². The Bertz CT molecular complexity index is 1200. The second-order valence-corrected chi connectivity index (χ2v) is 8.58. The molecule has 0 aliphatic carbocycles. The van der Waals surface area contributed by atoms with E-state index in [1.54, 1.807) is 18.9 Å². The molecular formula is C27H28N2O3. The van der Waals surface area contributed by atoms with Crippen LogP contribution in [-0.2, 0) is 26.3 Å². The third-order valence-electron chi connectivity index (χ3n) is 6.55. The second-order valence-electron chi connectivity index (χ2n) is 8.58. The Morgan fingerprint density at radius 2 is 1.69 bits per heavy atom. The summed E-state index contributed by atoms with van der Waals surface area (Å²) < 4.78 is 0. The maximum atomic E-state index is 13.4. The average Bonchev–Trinajstić information content (AvgIpc) is 3.03. The maximum Gasteiger partial charge on any atom is 0.240 e. The first kappa shape index (κ1) is 21.8. The molecule has 3 amide bonds. The molecule has 5 nitrogen and oxygen atoms in total. The first-order valence-electron chi connectivity index (χ1n) is 11.0. The number of likely N-dealkylation sites (tertiary alicyclic amines) is 1. The monoisotopic (exact) mass is 428 g/mol. The van der Waals surface area contributed by atoms with E-state index in [0.29, 0.717) is 13.1 Å². The topological polar surface area (TPSA) is 57.7 Å². The predicted molar refractivity (Wildman–Crippen MR) is 125 cm³/mol. The van der Waals surface area contributed by atoms with Gasteiger partial charge in [-0.15, -0.1) is 0 Å². The summed E-state index contributed by atoms with van der Waals surface area (Å²) in [5.41, 5.74) is 1.58. The zero-order valence-electron chi connectivity index (χ0n) is 18.8. The molecule has 0 N–H and O–H groups in total. The normalized spacial score (nSPS) is 18.4. The van der Waals surface area contributed by atoms with E-state index < -0.39 is 5.41 Å². The number of imide groups is 1. The summed E-state index contributed by atoms with van der Waals surface area (Å²) in [5, 5.41) is 2.23. The zero-order chi connectivity index (χ0) is 22.9. The highest BCUT2D eigenvalue weighted by atomic mass is 16.2. The molecule has 0 radical (unpaired) electrons. The molecule has 0 bridgehead atoms. The highest BCUT2D eigenvalue weighted by Gasteiger charge is 2.54. The smallest absolute Gasteiger partial charge is 0.240 e. The molecule has 1 aliphatic heterocycles. The number of likely N-dealkylation sites (N-methyl/N-ethyl adjacent to an activating group) is 1. The van der Waals surface area contributed by atoms with E-state index in [-0.39, 0.29) is 30.6 Å². The molecule has 0 saturated carbocycles. The van der Waals surface area contributed by atoms with Crippen molar-refractivity contribution in [1.82, 2.24) is 9.80 Å². The van der Waals surface area contributed by atoms with Gasteiger partial charge in [-0.1, -0.05) is 66.7 Å².